The molecule has 1 heterocycles. The standard InChI is InChI=1S/C5H5BF5N2.K/c1-13-4(5(7)8)3(2-12-13)6(9,10)11;/h2,5H,1H3;/q-1;+1. The van der Waals surface area contributed by atoms with Crippen molar-refractivity contribution in [3.8, 4) is 0 Å². The SMILES string of the molecule is Cn1ncc([B-](F)(F)F)c1C(F)F.[K+]. The van der Waals surface area contributed by atoms with Crippen molar-refractivity contribution < 1.29 is 73.1 Å². The summed E-state index contributed by atoms with van der Waals surface area (Å²) in [6.45, 7) is -5.41. The monoisotopic (exact) mass is 238 g/mol. The molecule has 0 aromatic carbocycles. The van der Waals surface area contributed by atoms with Crippen LogP contribution in [-0.4, -0.2) is 16.8 Å². The van der Waals surface area contributed by atoms with Crippen LogP contribution in [0.25, 0.3) is 0 Å². The van der Waals surface area contributed by atoms with Crippen LogP contribution >= 0.6 is 0 Å². The Balaban J connectivity index is 0.00000169. The third-order valence-corrected chi connectivity index (χ3v) is 1.57. The Labute approximate surface area is 119 Å². The summed E-state index contributed by atoms with van der Waals surface area (Å²) in [6, 6.07) is 0. The van der Waals surface area contributed by atoms with Crippen LogP contribution in [0.4, 0.5) is 21.7 Å². The van der Waals surface area contributed by atoms with Crippen molar-refractivity contribution in [3.05, 3.63) is 11.9 Å². The summed E-state index contributed by atoms with van der Waals surface area (Å²) in [6.07, 6.45) is -2.74. The van der Waals surface area contributed by atoms with Crippen molar-refractivity contribution in [2.75, 3.05) is 0 Å². The molecule has 2 nitrogen and oxygen atoms in total. The number of hydrogen-bond acceptors (Lipinski definition) is 1. The fraction of sp³-hybridized carbons (Fsp3) is 0.400. The van der Waals surface area contributed by atoms with E-state index in [2.05, 4.69) is 5.10 Å². The Morgan fingerprint density at radius 2 is 1.86 bits per heavy atom. The average Bonchev–Trinajstić information content (AvgIpc) is 2.28. The molecule has 1 rings (SSSR count). The zero-order valence-electron chi connectivity index (χ0n) is 7.52. The Bertz CT molecular complexity index is 310. The molecule has 0 amide bonds. The smallest absolute Gasteiger partial charge is 0.445 e. The first kappa shape index (κ1) is 14.6. The van der Waals surface area contributed by atoms with Gasteiger partial charge in [0.25, 0.3) is 6.43 Å². The summed E-state index contributed by atoms with van der Waals surface area (Å²) < 4.78 is 61.0. The summed E-state index contributed by atoms with van der Waals surface area (Å²) >= 11 is 0. The van der Waals surface area contributed by atoms with Gasteiger partial charge >= 0.3 is 58.4 Å². The fourth-order valence-corrected chi connectivity index (χ4v) is 0.983. The van der Waals surface area contributed by atoms with Crippen LogP contribution in [0.1, 0.15) is 12.1 Å². The van der Waals surface area contributed by atoms with Crippen LogP contribution in [0.2, 0.25) is 0 Å². The van der Waals surface area contributed by atoms with E-state index in [0.29, 0.717) is 10.9 Å². The molecule has 0 aliphatic heterocycles. The summed E-state index contributed by atoms with van der Waals surface area (Å²) in [7, 11) is 1.05. The van der Waals surface area contributed by atoms with Crippen LogP contribution in [-0.2, 0) is 7.05 Å². The van der Waals surface area contributed by atoms with Crippen LogP contribution in [0.5, 0.6) is 0 Å². The predicted octanol–water partition coefficient (Wildman–Crippen LogP) is -1.58. The number of nitrogens with zero attached hydrogens (tertiary/aromatic N) is 2. The van der Waals surface area contributed by atoms with E-state index in [-0.39, 0.29) is 51.4 Å². The molecule has 74 valence electrons. The van der Waals surface area contributed by atoms with Gasteiger partial charge in [0.05, 0.1) is 5.69 Å². The molecule has 1 aromatic heterocycles. The first-order valence-electron chi connectivity index (χ1n) is 3.34. The van der Waals surface area contributed by atoms with Gasteiger partial charge in [0.2, 0.25) is 0 Å². The van der Waals surface area contributed by atoms with Gasteiger partial charge in [0, 0.05) is 13.2 Å². The first-order valence-corrected chi connectivity index (χ1v) is 3.34. The average molecular weight is 238 g/mol. The molecule has 0 saturated carbocycles. The minimum atomic E-state index is -5.41. The van der Waals surface area contributed by atoms with Gasteiger partial charge in [-0.05, 0) is 0 Å². The molecule has 0 fully saturated rings. The van der Waals surface area contributed by atoms with Crippen molar-refractivity contribution in [1.82, 2.24) is 9.78 Å². The van der Waals surface area contributed by atoms with Crippen molar-refractivity contribution >= 4 is 12.4 Å². The van der Waals surface area contributed by atoms with Gasteiger partial charge in [-0.2, -0.15) is 5.10 Å². The third kappa shape index (κ3) is 3.02. The maximum atomic E-state index is 12.1. The fourth-order valence-electron chi connectivity index (χ4n) is 0.983. The maximum absolute atomic E-state index is 12.1. The number of halogens is 5. The van der Waals surface area contributed by atoms with Crippen molar-refractivity contribution in [3.63, 3.8) is 0 Å². The predicted molar refractivity (Wildman–Crippen MR) is 36.9 cm³/mol. The number of hydrogen-bond donors (Lipinski definition) is 0. The molecule has 0 spiro atoms. The van der Waals surface area contributed by atoms with Crippen molar-refractivity contribution in [1.29, 1.82) is 0 Å². The Hall–Kier alpha value is 0.561. The van der Waals surface area contributed by atoms with E-state index in [1.54, 1.807) is 0 Å². The van der Waals surface area contributed by atoms with Crippen LogP contribution in [0.15, 0.2) is 6.20 Å². The van der Waals surface area contributed by atoms with Gasteiger partial charge in [0.15, 0.2) is 0 Å². The maximum Gasteiger partial charge on any atom is 1.00 e. The van der Waals surface area contributed by atoms with E-state index in [1.165, 1.54) is 0 Å². The van der Waals surface area contributed by atoms with Gasteiger partial charge < -0.3 is 12.9 Å². The zero-order valence-corrected chi connectivity index (χ0v) is 10.6. The van der Waals surface area contributed by atoms with E-state index in [9.17, 15) is 21.7 Å². The molecule has 0 saturated heterocycles. The second-order valence-electron chi connectivity index (χ2n) is 2.48. The largest absolute Gasteiger partial charge is 1.00 e. The minimum Gasteiger partial charge on any atom is -0.445 e. The molecule has 14 heavy (non-hydrogen) atoms. The van der Waals surface area contributed by atoms with Crippen LogP contribution in [0.3, 0.4) is 0 Å². The molecule has 0 atom stereocenters. The number of alkyl halides is 2. The topological polar surface area (TPSA) is 17.8 Å². The van der Waals surface area contributed by atoms with E-state index in [4.69, 9.17) is 0 Å². The summed E-state index contributed by atoms with van der Waals surface area (Å²) in [5, 5.41) is 3.14. The molecule has 0 radical (unpaired) electrons. The van der Waals surface area contributed by atoms with E-state index in [0.717, 1.165) is 7.05 Å². The molecule has 0 bridgehead atoms. The van der Waals surface area contributed by atoms with Gasteiger partial charge in [-0.15, -0.1) is 0 Å². The zero-order chi connectivity index (χ0) is 10.2. The molecular formula is C5H5BF5KN2. The first-order chi connectivity index (χ1) is 5.84. The normalized spacial score (nSPS) is 11.6. The van der Waals surface area contributed by atoms with Crippen LogP contribution in [0, 0.1) is 0 Å². The molecule has 9 heteroatoms. The molecular weight excluding hydrogens is 233 g/mol. The molecule has 0 N–H and O–H groups in total. The minimum absolute atomic E-state index is 0. The molecule has 0 unspecified atom stereocenters. The Morgan fingerprint density at radius 1 is 1.36 bits per heavy atom. The molecule has 0 aliphatic carbocycles. The number of aryl methyl sites for hydroxylation is 1. The second-order valence-corrected chi connectivity index (χ2v) is 2.48. The summed E-state index contributed by atoms with van der Waals surface area (Å²) in [5.41, 5.74) is -2.40. The van der Waals surface area contributed by atoms with E-state index in [1.807, 2.05) is 0 Å². The number of aromatic nitrogens is 2. The van der Waals surface area contributed by atoms with Crippen LogP contribution < -0.4 is 56.8 Å². The van der Waals surface area contributed by atoms with Gasteiger partial charge in [0.1, 0.15) is 0 Å². The second kappa shape index (κ2) is 5.06. The van der Waals surface area contributed by atoms with Gasteiger partial charge in [-0.1, -0.05) is 5.46 Å². The number of rotatable bonds is 2. The van der Waals surface area contributed by atoms with Crippen molar-refractivity contribution in [2.24, 2.45) is 7.05 Å². The third-order valence-electron chi connectivity index (χ3n) is 1.57. The van der Waals surface area contributed by atoms with Gasteiger partial charge in [-0.25, -0.2) is 8.78 Å². The summed E-state index contributed by atoms with van der Waals surface area (Å²) in [4.78, 5) is 0. The molecule has 1 aromatic rings. The molecule has 0 aliphatic rings. The van der Waals surface area contributed by atoms with E-state index < -0.39 is 24.6 Å². The summed E-state index contributed by atoms with van der Waals surface area (Å²) in [5.74, 6) is 0. The van der Waals surface area contributed by atoms with Crippen molar-refractivity contribution in [2.45, 2.75) is 6.43 Å². The Morgan fingerprint density at radius 3 is 2.14 bits per heavy atom. The van der Waals surface area contributed by atoms with Gasteiger partial charge in [-0.3, -0.25) is 4.68 Å². The quantitative estimate of drug-likeness (QED) is 0.449. The van der Waals surface area contributed by atoms with E-state index >= 15 is 0 Å². The Kier molecular flexibility index (Phi) is 5.26.